The van der Waals surface area contributed by atoms with Crippen LogP contribution in [0.15, 0.2) is 0 Å². The van der Waals surface area contributed by atoms with Crippen LogP contribution in [0.2, 0.25) is 0 Å². The van der Waals surface area contributed by atoms with E-state index in [9.17, 15) is 0 Å². The topological polar surface area (TPSA) is 106 Å². The minimum atomic E-state index is -5.17. The molecule has 0 heterocycles. The van der Waals surface area contributed by atoms with Gasteiger partial charge in [0.15, 0.2) is 0 Å². The molecule has 1 saturated carbocycles. The van der Waals surface area contributed by atoms with Crippen molar-refractivity contribution in [1.29, 1.82) is 0 Å². The largest absolute Gasteiger partial charge is 0.759 e. The van der Waals surface area contributed by atoms with Crippen molar-refractivity contribution in [3.05, 3.63) is 0 Å². The molecule has 0 spiro atoms. The summed E-state index contributed by atoms with van der Waals surface area (Å²) < 4.78 is 34.1. The van der Waals surface area contributed by atoms with E-state index >= 15 is 0 Å². The lowest BCUT2D eigenvalue weighted by atomic mass is 9.85. The van der Waals surface area contributed by atoms with Gasteiger partial charge in [0, 0.05) is 16.4 Å². The standard InChI is InChI=1S/C9H19N.H2O4S/c1-8(10)7-9-5-3-2-4-6-9;1-5(2,3)4/h8-9H,2-7,10H2,1H3;(H2,1,2,3,4)/p-2. The van der Waals surface area contributed by atoms with Gasteiger partial charge in [-0.25, -0.2) is 0 Å². The van der Waals surface area contributed by atoms with Gasteiger partial charge in [-0.05, 0) is 19.3 Å². The van der Waals surface area contributed by atoms with E-state index in [-0.39, 0.29) is 0 Å². The number of hydrogen-bond acceptors (Lipinski definition) is 5. The van der Waals surface area contributed by atoms with E-state index in [4.69, 9.17) is 23.3 Å². The van der Waals surface area contributed by atoms with Crippen molar-refractivity contribution >= 4 is 10.4 Å². The molecular weight excluding hydrogens is 218 g/mol. The van der Waals surface area contributed by atoms with Gasteiger partial charge in [0.1, 0.15) is 0 Å². The molecule has 1 aliphatic carbocycles. The quantitative estimate of drug-likeness (QED) is 0.568. The highest BCUT2D eigenvalue weighted by Gasteiger charge is 2.13. The van der Waals surface area contributed by atoms with E-state index in [1.807, 2.05) is 0 Å². The molecule has 0 aromatic heterocycles. The van der Waals surface area contributed by atoms with Gasteiger partial charge < -0.3 is 14.8 Å². The van der Waals surface area contributed by atoms with Crippen LogP contribution in [-0.4, -0.2) is 23.6 Å². The summed E-state index contributed by atoms with van der Waals surface area (Å²) in [5.41, 5.74) is 5.72. The maximum absolute atomic E-state index is 8.52. The lowest BCUT2D eigenvalue weighted by molar-refractivity contribution is 0.323. The molecule has 0 aromatic carbocycles. The summed E-state index contributed by atoms with van der Waals surface area (Å²) in [5, 5.41) is 0. The van der Waals surface area contributed by atoms with Crippen LogP contribution in [0, 0.1) is 5.92 Å². The molecule has 6 heteroatoms. The highest BCUT2D eigenvalue weighted by Crippen LogP contribution is 2.26. The van der Waals surface area contributed by atoms with Crippen LogP contribution in [0.4, 0.5) is 0 Å². The van der Waals surface area contributed by atoms with E-state index in [1.165, 1.54) is 38.5 Å². The van der Waals surface area contributed by atoms with Crippen molar-refractivity contribution < 1.29 is 17.5 Å². The first kappa shape index (κ1) is 14.8. The van der Waals surface area contributed by atoms with Crippen molar-refractivity contribution in [2.45, 2.75) is 51.5 Å². The number of rotatable bonds is 2. The van der Waals surface area contributed by atoms with Crippen LogP contribution < -0.4 is 5.73 Å². The zero-order chi connectivity index (χ0) is 11.9. The van der Waals surface area contributed by atoms with Crippen LogP contribution in [0.5, 0.6) is 0 Å². The monoisotopic (exact) mass is 237 g/mol. The van der Waals surface area contributed by atoms with Crippen LogP contribution in [0.25, 0.3) is 0 Å². The normalized spacial score (nSPS) is 20.3. The Labute approximate surface area is 91.6 Å². The fraction of sp³-hybridized carbons (Fsp3) is 1.00. The molecule has 0 saturated heterocycles. The smallest absolute Gasteiger partial charge is 0.0311 e. The minimum Gasteiger partial charge on any atom is -0.759 e. The zero-order valence-corrected chi connectivity index (χ0v) is 9.83. The molecule has 1 rings (SSSR count). The van der Waals surface area contributed by atoms with E-state index in [0.29, 0.717) is 6.04 Å². The molecule has 0 radical (unpaired) electrons. The van der Waals surface area contributed by atoms with Gasteiger partial charge in [-0.2, -0.15) is 0 Å². The molecule has 2 N–H and O–H groups in total. The van der Waals surface area contributed by atoms with Gasteiger partial charge in [-0.3, -0.25) is 8.42 Å². The van der Waals surface area contributed by atoms with Gasteiger partial charge in [-0.15, -0.1) is 0 Å². The number of hydrogen-bond donors (Lipinski definition) is 1. The molecule has 15 heavy (non-hydrogen) atoms. The van der Waals surface area contributed by atoms with Crippen molar-refractivity contribution in [2.75, 3.05) is 0 Å². The van der Waals surface area contributed by atoms with Crippen LogP contribution in [0.3, 0.4) is 0 Å². The highest BCUT2D eigenvalue weighted by atomic mass is 32.3. The second kappa shape index (κ2) is 7.16. The molecule has 5 nitrogen and oxygen atoms in total. The fourth-order valence-electron chi connectivity index (χ4n) is 1.95. The summed E-state index contributed by atoms with van der Waals surface area (Å²) in [4.78, 5) is 0. The lowest BCUT2D eigenvalue weighted by Gasteiger charge is -2.22. The van der Waals surface area contributed by atoms with E-state index in [2.05, 4.69) is 6.92 Å². The molecule has 1 unspecified atom stereocenters. The van der Waals surface area contributed by atoms with Gasteiger partial charge in [-0.1, -0.05) is 32.1 Å². The maximum Gasteiger partial charge on any atom is 0.0311 e. The Morgan fingerprint density at radius 3 is 2.00 bits per heavy atom. The Morgan fingerprint density at radius 1 is 1.27 bits per heavy atom. The maximum atomic E-state index is 8.52. The van der Waals surface area contributed by atoms with E-state index in [1.54, 1.807) is 0 Å². The first-order valence-corrected chi connectivity index (χ1v) is 6.54. The van der Waals surface area contributed by atoms with Crippen molar-refractivity contribution in [3.63, 3.8) is 0 Å². The van der Waals surface area contributed by atoms with Crippen molar-refractivity contribution in [1.82, 2.24) is 0 Å². The van der Waals surface area contributed by atoms with E-state index < -0.39 is 10.4 Å². The summed E-state index contributed by atoms with van der Waals surface area (Å²) in [6.45, 7) is 2.12. The third-order valence-corrected chi connectivity index (χ3v) is 2.43. The zero-order valence-electron chi connectivity index (χ0n) is 9.02. The molecule has 0 amide bonds. The van der Waals surface area contributed by atoms with Gasteiger partial charge >= 0.3 is 0 Å². The second-order valence-corrected chi connectivity index (χ2v) is 4.94. The summed E-state index contributed by atoms with van der Waals surface area (Å²) >= 11 is 0. The predicted molar refractivity (Wildman–Crippen MR) is 55.3 cm³/mol. The highest BCUT2D eigenvalue weighted by molar-refractivity contribution is 7.79. The van der Waals surface area contributed by atoms with Gasteiger partial charge in [0.05, 0.1) is 0 Å². The molecule has 0 bridgehead atoms. The minimum absolute atomic E-state index is 0.420. The molecular formula is C9H19NO4S-2. The third-order valence-electron chi connectivity index (χ3n) is 2.43. The first-order chi connectivity index (χ1) is 6.79. The molecule has 0 aliphatic heterocycles. The average molecular weight is 237 g/mol. The molecule has 0 aromatic rings. The van der Waals surface area contributed by atoms with Crippen LogP contribution in [-0.2, 0) is 10.4 Å². The SMILES string of the molecule is CC(N)CC1CCCCC1.O=S(=O)([O-])[O-]. The Balaban J connectivity index is 0.000000336. The third kappa shape index (κ3) is 13.8. The summed E-state index contributed by atoms with van der Waals surface area (Å²) in [6, 6.07) is 0.420. The molecule has 1 fully saturated rings. The van der Waals surface area contributed by atoms with Crippen LogP contribution in [0.1, 0.15) is 45.4 Å². The van der Waals surface area contributed by atoms with Gasteiger partial charge in [0.2, 0.25) is 0 Å². The van der Waals surface area contributed by atoms with E-state index in [0.717, 1.165) is 5.92 Å². The molecule has 1 atom stereocenters. The average Bonchev–Trinajstić information content (AvgIpc) is 2.01. The van der Waals surface area contributed by atoms with Crippen molar-refractivity contribution in [3.8, 4) is 0 Å². The Morgan fingerprint density at radius 2 is 1.67 bits per heavy atom. The summed E-state index contributed by atoms with van der Waals surface area (Å²) in [6.07, 6.45) is 8.45. The summed E-state index contributed by atoms with van der Waals surface area (Å²) in [5.74, 6) is 0.953. The summed E-state index contributed by atoms with van der Waals surface area (Å²) in [7, 11) is -5.17. The fourth-order valence-corrected chi connectivity index (χ4v) is 1.95. The first-order valence-electron chi connectivity index (χ1n) is 5.21. The lowest BCUT2D eigenvalue weighted by Crippen LogP contribution is -2.20. The molecule has 92 valence electrons. The Kier molecular flexibility index (Phi) is 7.08. The Hall–Kier alpha value is -0.170. The predicted octanol–water partition coefficient (Wildman–Crippen LogP) is 0.966. The Bertz CT molecular complexity index is 237. The van der Waals surface area contributed by atoms with Crippen LogP contribution >= 0.6 is 0 Å². The second-order valence-electron chi connectivity index (χ2n) is 4.13. The molecule has 1 aliphatic rings. The van der Waals surface area contributed by atoms with Gasteiger partial charge in [0.25, 0.3) is 0 Å². The number of nitrogens with two attached hydrogens (primary N) is 1. The van der Waals surface area contributed by atoms with Crippen molar-refractivity contribution in [2.24, 2.45) is 11.7 Å².